The van der Waals surface area contributed by atoms with Gasteiger partial charge in [-0.3, -0.25) is 0 Å². The summed E-state index contributed by atoms with van der Waals surface area (Å²) in [4.78, 5) is 0. The minimum absolute atomic E-state index is 0.714. The molecule has 0 saturated heterocycles. The summed E-state index contributed by atoms with van der Waals surface area (Å²) in [5.41, 5.74) is 0. The minimum atomic E-state index is 0.714. The summed E-state index contributed by atoms with van der Waals surface area (Å²) >= 11 is 0. The van der Waals surface area contributed by atoms with E-state index in [4.69, 9.17) is 0 Å². The van der Waals surface area contributed by atoms with Gasteiger partial charge in [0, 0.05) is 0 Å². The van der Waals surface area contributed by atoms with E-state index >= 15 is 0 Å². The molecule has 0 nitrogen and oxygen atoms in total. The molecule has 1 unspecified atom stereocenters. The summed E-state index contributed by atoms with van der Waals surface area (Å²) in [6.45, 7) is 10.7. The second-order valence-electron chi connectivity index (χ2n) is 11.5. The standard InChI is InChI=1S/C34H68/c1-4-6-8-10-12-14-16-18-20-22-24-26-28-30-32-34(3)33-31-29-27-25-23-21-19-17-15-13-11-9-7-5-2/h34H,1,3-33H2,2H3. The third-order valence-electron chi connectivity index (χ3n) is 7.83. The molecule has 0 amide bonds. The van der Waals surface area contributed by atoms with Gasteiger partial charge in [0.15, 0.2) is 0 Å². The lowest BCUT2D eigenvalue weighted by Gasteiger charge is -2.11. The topological polar surface area (TPSA) is 0 Å². The first-order valence-electron chi connectivity index (χ1n) is 16.4. The normalized spacial score (nSPS) is 11.6. The van der Waals surface area contributed by atoms with Crippen molar-refractivity contribution in [2.75, 3.05) is 0 Å². The maximum atomic E-state index is 4.43. The molecule has 0 N–H and O–H groups in total. The summed E-state index contributed by atoms with van der Waals surface area (Å²) < 4.78 is 0. The fourth-order valence-electron chi connectivity index (χ4n) is 5.33. The molecule has 0 aromatic carbocycles. The molecule has 0 aromatic rings. The summed E-state index contributed by atoms with van der Waals surface area (Å²) in [5, 5.41) is 0. The van der Waals surface area contributed by atoms with Gasteiger partial charge in [0.2, 0.25) is 0 Å². The van der Waals surface area contributed by atoms with Crippen LogP contribution in [0.5, 0.6) is 0 Å². The Morgan fingerprint density at radius 3 is 0.853 bits per heavy atom. The van der Waals surface area contributed by atoms with Gasteiger partial charge >= 0.3 is 0 Å². The Labute approximate surface area is 219 Å². The van der Waals surface area contributed by atoms with Gasteiger partial charge in [-0.05, 0) is 5.92 Å². The van der Waals surface area contributed by atoms with Crippen molar-refractivity contribution in [3.8, 4) is 0 Å². The third-order valence-corrected chi connectivity index (χ3v) is 7.83. The highest BCUT2D eigenvalue weighted by molar-refractivity contribution is 4.62. The van der Waals surface area contributed by atoms with E-state index in [1.165, 1.54) is 186 Å². The Hall–Kier alpha value is 0. The molecule has 204 valence electrons. The molecule has 0 rings (SSSR count). The van der Waals surface area contributed by atoms with Crippen LogP contribution in [0.4, 0.5) is 0 Å². The molecule has 0 heteroatoms. The average molecular weight is 477 g/mol. The van der Waals surface area contributed by atoms with Gasteiger partial charge in [-0.1, -0.05) is 213 Å². The van der Waals surface area contributed by atoms with Crippen molar-refractivity contribution in [1.82, 2.24) is 0 Å². The zero-order valence-electron chi connectivity index (χ0n) is 24.2. The van der Waals surface area contributed by atoms with Crippen LogP contribution in [-0.2, 0) is 0 Å². The van der Waals surface area contributed by atoms with Crippen molar-refractivity contribution < 1.29 is 0 Å². The molecule has 0 aliphatic carbocycles. The lowest BCUT2D eigenvalue weighted by atomic mass is 9.95. The quantitative estimate of drug-likeness (QED) is 0.0904. The largest absolute Gasteiger partial charge is 0.0654 e. The van der Waals surface area contributed by atoms with Gasteiger partial charge in [-0.15, -0.1) is 0 Å². The average Bonchev–Trinajstić information content (AvgIpc) is 2.84. The maximum absolute atomic E-state index is 4.43. The Bertz CT molecular complexity index is 301. The molecular formula is C34H68. The van der Waals surface area contributed by atoms with Crippen molar-refractivity contribution >= 4 is 0 Å². The predicted molar refractivity (Wildman–Crippen MR) is 158 cm³/mol. The van der Waals surface area contributed by atoms with E-state index in [0.29, 0.717) is 5.92 Å². The first kappa shape index (κ1) is 34.0. The summed E-state index contributed by atoms with van der Waals surface area (Å²) in [6.07, 6.45) is 43.0. The molecule has 0 aliphatic rings. The Morgan fingerprint density at radius 2 is 0.588 bits per heavy atom. The van der Waals surface area contributed by atoms with E-state index in [1.807, 2.05) is 0 Å². The second-order valence-corrected chi connectivity index (χ2v) is 11.5. The van der Waals surface area contributed by atoms with E-state index in [1.54, 1.807) is 0 Å². The first-order valence-corrected chi connectivity index (χ1v) is 16.4. The monoisotopic (exact) mass is 477 g/mol. The van der Waals surface area contributed by atoms with Crippen LogP contribution < -0.4 is 0 Å². The van der Waals surface area contributed by atoms with Crippen LogP contribution in [0.15, 0.2) is 0 Å². The van der Waals surface area contributed by atoms with E-state index in [9.17, 15) is 0 Å². The van der Waals surface area contributed by atoms with Gasteiger partial charge in [-0.2, -0.15) is 0 Å². The summed E-state index contributed by atoms with van der Waals surface area (Å²) in [6, 6.07) is 0. The van der Waals surface area contributed by atoms with Crippen molar-refractivity contribution in [3.63, 3.8) is 0 Å². The molecule has 0 aliphatic heterocycles. The SMILES string of the molecule is [CH2]CCCCCCCCCCCCCCCC([CH2])CCCCCCCCCCCCCCCC. The van der Waals surface area contributed by atoms with Crippen LogP contribution in [0.3, 0.4) is 0 Å². The molecular weight excluding hydrogens is 408 g/mol. The fraction of sp³-hybridized carbons (Fsp3) is 0.941. The highest BCUT2D eigenvalue weighted by Gasteiger charge is 2.02. The van der Waals surface area contributed by atoms with Crippen molar-refractivity contribution in [2.45, 2.75) is 200 Å². The first-order chi connectivity index (χ1) is 16.8. The van der Waals surface area contributed by atoms with Crippen LogP contribution >= 0.6 is 0 Å². The molecule has 0 aromatic heterocycles. The zero-order chi connectivity index (χ0) is 24.8. The maximum Gasteiger partial charge on any atom is -0.0414 e. The Balaban J connectivity index is 3.13. The van der Waals surface area contributed by atoms with Crippen LogP contribution in [0.1, 0.15) is 200 Å². The Morgan fingerprint density at radius 1 is 0.353 bits per heavy atom. The molecule has 0 fully saturated rings. The lowest BCUT2D eigenvalue weighted by Crippen LogP contribution is -1.95. The molecule has 1 atom stereocenters. The van der Waals surface area contributed by atoms with Gasteiger partial charge in [0.05, 0.1) is 0 Å². The van der Waals surface area contributed by atoms with Crippen LogP contribution in [0.25, 0.3) is 0 Å². The molecule has 0 saturated carbocycles. The second kappa shape index (κ2) is 31.0. The summed E-state index contributed by atoms with van der Waals surface area (Å²) in [7, 11) is 0. The van der Waals surface area contributed by atoms with Crippen LogP contribution in [0.2, 0.25) is 0 Å². The van der Waals surface area contributed by atoms with Crippen molar-refractivity contribution in [2.24, 2.45) is 5.92 Å². The van der Waals surface area contributed by atoms with Gasteiger partial charge in [0.1, 0.15) is 0 Å². The van der Waals surface area contributed by atoms with E-state index in [0.717, 1.165) is 6.42 Å². The van der Waals surface area contributed by atoms with Crippen molar-refractivity contribution in [1.29, 1.82) is 0 Å². The number of rotatable bonds is 30. The highest BCUT2D eigenvalue weighted by Crippen LogP contribution is 2.19. The van der Waals surface area contributed by atoms with E-state index in [-0.39, 0.29) is 0 Å². The molecule has 0 bridgehead atoms. The summed E-state index contributed by atoms with van der Waals surface area (Å²) in [5.74, 6) is 0.714. The molecule has 2 radical (unpaired) electrons. The number of hydrogen-bond acceptors (Lipinski definition) is 0. The third kappa shape index (κ3) is 30.0. The molecule has 34 heavy (non-hydrogen) atoms. The van der Waals surface area contributed by atoms with Crippen LogP contribution in [0, 0.1) is 19.8 Å². The van der Waals surface area contributed by atoms with Crippen LogP contribution in [-0.4, -0.2) is 0 Å². The van der Waals surface area contributed by atoms with Gasteiger partial charge in [-0.25, -0.2) is 0 Å². The lowest BCUT2D eigenvalue weighted by molar-refractivity contribution is 0.459. The molecule has 0 spiro atoms. The fourth-order valence-corrected chi connectivity index (χ4v) is 5.33. The minimum Gasteiger partial charge on any atom is -0.0654 e. The Kier molecular flexibility index (Phi) is 31.0. The predicted octanol–water partition coefficient (Wildman–Crippen LogP) is 13.0. The highest BCUT2D eigenvalue weighted by atomic mass is 14.1. The van der Waals surface area contributed by atoms with E-state index < -0.39 is 0 Å². The van der Waals surface area contributed by atoms with Crippen molar-refractivity contribution in [3.05, 3.63) is 13.8 Å². The van der Waals surface area contributed by atoms with Gasteiger partial charge < -0.3 is 0 Å². The number of unbranched alkanes of at least 4 members (excludes halogenated alkanes) is 26. The smallest absolute Gasteiger partial charge is 0.0414 e. The molecule has 0 heterocycles. The zero-order valence-corrected chi connectivity index (χ0v) is 24.2. The number of hydrogen-bond donors (Lipinski definition) is 0. The van der Waals surface area contributed by atoms with Gasteiger partial charge in [0.25, 0.3) is 0 Å². The van der Waals surface area contributed by atoms with E-state index in [2.05, 4.69) is 20.8 Å².